The number of nitrogens with one attached hydrogen (secondary N) is 2. The molecule has 1 aromatic heterocycles. The van der Waals surface area contributed by atoms with Crippen molar-refractivity contribution in [1.82, 2.24) is 4.98 Å². The Balaban J connectivity index is 2.18. The van der Waals surface area contributed by atoms with E-state index in [0.29, 0.717) is 22.8 Å². The Morgan fingerprint density at radius 2 is 0.861 bits per heavy atom. The Labute approximate surface area is 233 Å². The number of benzene rings is 2. The van der Waals surface area contributed by atoms with Gasteiger partial charge in [-0.05, 0) is 82.3 Å². The van der Waals surface area contributed by atoms with Crippen LogP contribution in [-0.4, -0.2) is 16.4 Å². The van der Waals surface area contributed by atoms with Gasteiger partial charge in [0.1, 0.15) is 0 Å². The molecule has 0 unspecified atom stereocenters. The lowest BCUT2D eigenvalue weighted by Gasteiger charge is -2.22. The molecule has 3 nitrogen and oxygen atoms in total. The molecule has 0 atom stereocenters. The smallest absolute Gasteiger partial charge is 0.0893 e. The molecule has 0 radical (unpaired) electrons. The first-order chi connectivity index (χ1) is 16.8. The van der Waals surface area contributed by atoms with Crippen molar-refractivity contribution in [2.24, 2.45) is 0 Å². The van der Waals surface area contributed by atoms with Crippen LogP contribution in [0.1, 0.15) is 124 Å². The van der Waals surface area contributed by atoms with Crippen molar-refractivity contribution in [1.29, 1.82) is 10.8 Å². The van der Waals surface area contributed by atoms with Gasteiger partial charge in [-0.3, -0.25) is 10.8 Å². The van der Waals surface area contributed by atoms with Crippen LogP contribution in [0.25, 0.3) is 0 Å². The number of hydrogen-bond donors (Lipinski definition) is 2. The number of rotatable bonds is 8. The largest absolute Gasteiger partial charge is 0.298 e. The quantitative estimate of drug-likeness (QED) is 0.245. The van der Waals surface area contributed by atoms with E-state index in [-0.39, 0.29) is 23.7 Å². The fourth-order valence-electron chi connectivity index (χ4n) is 4.67. The Bertz CT molecular complexity index is 1150. The summed E-state index contributed by atoms with van der Waals surface area (Å²) < 4.78 is 2.07. The monoisotopic (exact) mass is 609 g/mol. The van der Waals surface area contributed by atoms with Crippen LogP contribution in [0, 0.1) is 10.8 Å². The molecule has 0 fully saturated rings. The molecular weight excluding hydrogens is 574 g/mol. The standard InChI is InChI=1S/C31H37Br2N3/c1-16(2)22-12-20(32)13-23(17(3)4)28(22)30(34)26-10-9-11-27(36-26)31(35)29-24(18(5)6)14-21(33)15-25(29)19(7)8/h9-19,34-35H,1-8H3. The number of aromatic nitrogens is 1. The molecular formula is C31H37Br2N3. The highest BCUT2D eigenvalue weighted by Gasteiger charge is 2.23. The van der Waals surface area contributed by atoms with Gasteiger partial charge in [-0.1, -0.05) is 93.3 Å². The van der Waals surface area contributed by atoms with Crippen molar-refractivity contribution in [3.63, 3.8) is 0 Å². The van der Waals surface area contributed by atoms with Crippen molar-refractivity contribution in [2.45, 2.75) is 79.1 Å². The van der Waals surface area contributed by atoms with Gasteiger partial charge in [0.2, 0.25) is 0 Å². The van der Waals surface area contributed by atoms with Crippen LogP contribution in [0.4, 0.5) is 0 Å². The lowest BCUT2D eigenvalue weighted by Crippen LogP contribution is -2.17. The number of pyridine rings is 1. The third-order valence-corrected chi connectivity index (χ3v) is 7.49. The molecule has 0 saturated carbocycles. The first-order valence-corrected chi connectivity index (χ1v) is 14.2. The molecule has 0 saturated heterocycles. The Morgan fingerprint density at radius 1 is 0.583 bits per heavy atom. The predicted octanol–water partition coefficient (Wildman–Crippen LogP) is 9.93. The topological polar surface area (TPSA) is 60.6 Å². The number of halogens is 2. The van der Waals surface area contributed by atoms with Gasteiger partial charge in [-0.15, -0.1) is 0 Å². The minimum Gasteiger partial charge on any atom is -0.298 e. The third-order valence-electron chi connectivity index (χ3n) is 6.58. The maximum absolute atomic E-state index is 9.25. The Morgan fingerprint density at radius 3 is 1.11 bits per heavy atom. The second-order valence-electron chi connectivity index (χ2n) is 10.7. The van der Waals surface area contributed by atoms with Gasteiger partial charge in [0.15, 0.2) is 0 Å². The molecule has 0 spiro atoms. The summed E-state index contributed by atoms with van der Waals surface area (Å²) in [5.41, 5.74) is 8.46. The summed E-state index contributed by atoms with van der Waals surface area (Å²) in [6.07, 6.45) is 0. The molecule has 5 heteroatoms. The van der Waals surface area contributed by atoms with E-state index in [1.165, 1.54) is 0 Å². The molecule has 2 aromatic carbocycles. The van der Waals surface area contributed by atoms with Crippen LogP contribution < -0.4 is 0 Å². The van der Waals surface area contributed by atoms with Gasteiger partial charge >= 0.3 is 0 Å². The highest BCUT2D eigenvalue weighted by atomic mass is 79.9. The van der Waals surface area contributed by atoms with Crippen molar-refractivity contribution in [3.8, 4) is 0 Å². The van der Waals surface area contributed by atoms with E-state index in [0.717, 1.165) is 42.3 Å². The van der Waals surface area contributed by atoms with Crippen LogP contribution in [-0.2, 0) is 0 Å². The third kappa shape index (κ3) is 5.89. The molecule has 2 N–H and O–H groups in total. The zero-order chi connectivity index (χ0) is 26.9. The normalized spacial score (nSPS) is 11.7. The Kier molecular flexibility index (Phi) is 9.11. The van der Waals surface area contributed by atoms with Gasteiger partial charge < -0.3 is 0 Å². The molecule has 0 aliphatic heterocycles. The molecule has 3 rings (SSSR count). The molecule has 190 valence electrons. The van der Waals surface area contributed by atoms with E-state index in [4.69, 9.17) is 4.98 Å². The van der Waals surface area contributed by atoms with Crippen molar-refractivity contribution in [3.05, 3.63) is 96.2 Å². The van der Waals surface area contributed by atoms with E-state index in [9.17, 15) is 10.8 Å². The van der Waals surface area contributed by atoms with Crippen LogP contribution in [0.5, 0.6) is 0 Å². The summed E-state index contributed by atoms with van der Waals surface area (Å²) in [5, 5.41) is 18.5. The van der Waals surface area contributed by atoms with E-state index >= 15 is 0 Å². The van der Waals surface area contributed by atoms with Crippen LogP contribution in [0.3, 0.4) is 0 Å². The summed E-state index contributed by atoms with van der Waals surface area (Å²) in [6.45, 7) is 17.3. The molecule has 36 heavy (non-hydrogen) atoms. The van der Waals surface area contributed by atoms with Crippen molar-refractivity contribution >= 4 is 43.3 Å². The van der Waals surface area contributed by atoms with Crippen LogP contribution in [0.2, 0.25) is 0 Å². The van der Waals surface area contributed by atoms with Crippen molar-refractivity contribution in [2.75, 3.05) is 0 Å². The zero-order valence-corrected chi connectivity index (χ0v) is 25.7. The first-order valence-electron chi connectivity index (χ1n) is 12.7. The van der Waals surface area contributed by atoms with Gasteiger partial charge in [-0.25, -0.2) is 4.98 Å². The SMILES string of the molecule is CC(C)c1cc(Br)cc(C(C)C)c1C(=N)c1cccc(C(=N)c2c(C(C)C)cc(Br)cc2C(C)C)n1. The predicted molar refractivity (Wildman–Crippen MR) is 161 cm³/mol. The van der Waals surface area contributed by atoms with Gasteiger partial charge in [0, 0.05) is 20.1 Å². The minimum atomic E-state index is 0.266. The van der Waals surface area contributed by atoms with Gasteiger partial charge in [0.25, 0.3) is 0 Å². The maximum Gasteiger partial charge on any atom is 0.0893 e. The van der Waals surface area contributed by atoms with E-state index in [1.807, 2.05) is 18.2 Å². The lowest BCUT2D eigenvalue weighted by atomic mass is 9.84. The zero-order valence-electron chi connectivity index (χ0n) is 22.6. The fourth-order valence-corrected chi connectivity index (χ4v) is 5.65. The molecule has 0 aliphatic carbocycles. The van der Waals surface area contributed by atoms with E-state index < -0.39 is 0 Å². The first kappa shape index (κ1) is 28.5. The van der Waals surface area contributed by atoms with Crippen molar-refractivity contribution < 1.29 is 0 Å². The minimum absolute atomic E-state index is 0.266. The second kappa shape index (κ2) is 11.5. The van der Waals surface area contributed by atoms with Gasteiger partial charge in [0.05, 0.1) is 22.8 Å². The molecule has 0 aliphatic rings. The summed E-state index contributed by atoms with van der Waals surface area (Å²) in [5.74, 6) is 1.06. The summed E-state index contributed by atoms with van der Waals surface area (Å²) in [6, 6.07) is 14.2. The molecule has 0 amide bonds. The summed E-state index contributed by atoms with van der Waals surface area (Å²) >= 11 is 7.34. The number of nitrogens with zero attached hydrogens (tertiary/aromatic N) is 1. The average molecular weight is 611 g/mol. The van der Waals surface area contributed by atoms with Gasteiger partial charge in [-0.2, -0.15) is 0 Å². The summed E-state index contributed by atoms with van der Waals surface area (Å²) in [7, 11) is 0. The maximum atomic E-state index is 9.25. The van der Waals surface area contributed by atoms with Crippen LogP contribution in [0.15, 0.2) is 51.4 Å². The molecule has 0 bridgehead atoms. The highest BCUT2D eigenvalue weighted by molar-refractivity contribution is 9.10. The Hall–Kier alpha value is -2.11. The second-order valence-corrected chi connectivity index (χ2v) is 12.5. The summed E-state index contributed by atoms with van der Waals surface area (Å²) in [4.78, 5) is 4.90. The lowest BCUT2D eigenvalue weighted by molar-refractivity contribution is 0.826. The molecule has 3 aromatic rings. The highest BCUT2D eigenvalue weighted by Crippen LogP contribution is 2.35. The van der Waals surface area contributed by atoms with E-state index in [1.54, 1.807) is 0 Å². The van der Waals surface area contributed by atoms with E-state index in [2.05, 4.69) is 112 Å². The number of hydrogen-bond acceptors (Lipinski definition) is 3. The van der Waals surface area contributed by atoms with Crippen LogP contribution >= 0.6 is 31.9 Å². The molecule has 1 heterocycles. The fraction of sp³-hybridized carbons (Fsp3) is 0.387. The average Bonchev–Trinajstić information content (AvgIpc) is 2.81.